The molecule has 3 rings (SSSR count). The van der Waals surface area contributed by atoms with E-state index in [4.69, 9.17) is 0 Å². The number of amides is 1. The third kappa shape index (κ3) is 4.01. The topological polar surface area (TPSA) is 88.5 Å². The summed E-state index contributed by atoms with van der Waals surface area (Å²) in [5.41, 5.74) is 1.88. The maximum atomic E-state index is 13.0. The van der Waals surface area contributed by atoms with Gasteiger partial charge in [0, 0.05) is 19.3 Å². The Hall–Kier alpha value is -2.49. The van der Waals surface area contributed by atoms with E-state index in [1.165, 1.54) is 7.05 Å². The van der Waals surface area contributed by atoms with E-state index in [0.717, 1.165) is 32.1 Å². The molecule has 1 N–H and O–H groups in total. The standard InChI is InChI=1S/C19H21N3O4S2/c1-4-22-15-11-10-14(12-16(15)27-19(22)24)20-18(23)17(21(2)28(3,25)26)13-8-6-5-7-9-13/h5-12,17H,4H2,1-3H3,(H,20,23)/t17-/m1/s1. The quantitative estimate of drug-likeness (QED) is 0.665. The van der Waals surface area contributed by atoms with Crippen molar-refractivity contribution >= 4 is 43.2 Å². The Balaban J connectivity index is 1.96. The molecule has 0 bridgehead atoms. The molecule has 28 heavy (non-hydrogen) atoms. The van der Waals surface area contributed by atoms with E-state index in [0.29, 0.717) is 17.8 Å². The van der Waals surface area contributed by atoms with Crippen LogP contribution in [0.2, 0.25) is 0 Å². The molecule has 0 aliphatic heterocycles. The van der Waals surface area contributed by atoms with Gasteiger partial charge in [-0.2, -0.15) is 4.31 Å². The lowest BCUT2D eigenvalue weighted by Gasteiger charge is -2.25. The molecule has 0 spiro atoms. The van der Waals surface area contributed by atoms with E-state index in [1.807, 2.05) is 6.92 Å². The number of aromatic nitrogens is 1. The van der Waals surface area contributed by atoms with Gasteiger partial charge in [-0.1, -0.05) is 41.7 Å². The molecule has 1 heterocycles. The van der Waals surface area contributed by atoms with Crippen LogP contribution in [0, 0.1) is 0 Å². The smallest absolute Gasteiger partial charge is 0.308 e. The highest BCUT2D eigenvalue weighted by Crippen LogP contribution is 2.26. The predicted octanol–water partition coefficient (Wildman–Crippen LogP) is 2.65. The Morgan fingerprint density at radius 1 is 1.21 bits per heavy atom. The molecule has 9 heteroatoms. The van der Waals surface area contributed by atoms with Crippen LogP contribution in [-0.4, -0.2) is 36.5 Å². The zero-order chi connectivity index (χ0) is 20.5. The summed E-state index contributed by atoms with van der Waals surface area (Å²) < 4.78 is 27.6. The van der Waals surface area contributed by atoms with Gasteiger partial charge in [-0.3, -0.25) is 14.2 Å². The summed E-state index contributed by atoms with van der Waals surface area (Å²) >= 11 is 1.11. The number of carbonyl (C=O) groups excluding carboxylic acids is 1. The number of sulfonamides is 1. The van der Waals surface area contributed by atoms with Gasteiger partial charge in [-0.25, -0.2) is 8.42 Å². The highest BCUT2D eigenvalue weighted by atomic mass is 32.2. The average Bonchev–Trinajstić information content (AvgIpc) is 2.96. The molecule has 1 atom stereocenters. The maximum Gasteiger partial charge on any atom is 0.308 e. The Kier molecular flexibility index (Phi) is 5.69. The minimum Gasteiger partial charge on any atom is -0.324 e. The molecule has 0 radical (unpaired) electrons. The average molecular weight is 420 g/mol. The first kappa shape index (κ1) is 20.2. The molecule has 0 aliphatic rings. The van der Waals surface area contributed by atoms with Crippen molar-refractivity contribution in [3.8, 4) is 0 Å². The van der Waals surface area contributed by atoms with Gasteiger partial charge < -0.3 is 5.32 Å². The summed E-state index contributed by atoms with van der Waals surface area (Å²) in [5, 5.41) is 2.78. The van der Waals surface area contributed by atoms with E-state index < -0.39 is 22.0 Å². The van der Waals surface area contributed by atoms with Crippen LogP contribution in [0.15, 0.2) is 53.3 Å². The number of nitrogens with one attached hydrogen (secondary N) is 1. The van der Waals surface area contributed by atoms with Crippen molar-refractivity contribution < 1.29 is 13.2 Å². The molecule has 2 aromatic carbocycles. The number of nitrogens with zero attached hydrogens (tertiary/aromatic N) is 2. The Morgan fingerprint density at radius 3 is 2.50 bits per heavy atom. The van der Waals surface area contributed by atoms with Gasteiger partial charge in [-0.05, 0) is 30.7 Å². The second-order valence-electron chi connectivity index (χ2n) is 6.38. The predicted molar refractivity (Wildman–Crippen MR) is 112 cm³/mol. The number of hydrogen-bond acceptors (Lipinski definition) is 5. The SMILES string of the molecule is CCn1c(=O)sc2cc(NC(=O)[C@@H](c3ccccc3)N(C)S(C)(=O)=O)ccc21. The second-order valence-corrected chi connectivity index (χ2v) is 9.41. The molecule has 148 valence electrons. The van der Waals surface area contributed by atoms with Crippen LogP contribution in [0.4, 0.5) is 5.69 Å². The lowest BCUT2D eigenvalue weighted by atomic mass is 10.1. The van der Waals surface area contributed by atoms with E-state index in [-0.39, 0.29) is 4.87 Å². The minimum atomic E-state index is -3.60. The molecular weight excluding hydrogens is 398 g/mol. The molecule has 7 nitrogen and oxygen atoms in total. The fourth-order valence-electron chi connectivity index (χ4n) is 3.01. The van der Waals surface area contributed by atoms with E-state index in [2.05, 4.69) is 5.32 Å². The van der Waals surface area contributed by atoms with Crippen LogP contribution in [-0.2, 0) is 21.4 Å². The molecule has 0 saturated carbocycles. The van der Waals surface area contributed by atoms with Crippen LogP contribution in [0.1, 0.15) is 18.5 Å². The molecule has 0 unspecified atom stereocenters. The van der Waals surface area contributed by atoms with Gasteiger partial charge in [0.25, 0.3) is 0 Å². The fourth-order valence-corrected chi connectivity index (χ4v) is 4.60. The minimum absolute atomic E-state index is 0.0556. The summed E-state index contributed by atoms with van der Waals surface area (Å²) in [6, 6.07) is 12.9. The number of fused-ring (bicyclic) bond motifs is 1. The number of hydrogen-bond donors (Lipinski definition) is 1. The normalized spacial score (nSPS) is 13.0. The molecule has 1 aromatic heterocycles. The molecule has 0 aliphatic carbocycles. The highest BCUT2D eigenvalue weighted by Gasteiger charge is 2.30. The van der Waals surface area contributed by atoms with Crippen molar-refractivity contribution in [3.05, 3.63) is 63.8 Å². The summed E-state index contributed by atoms with van der Waals surface area (Å²) in [6.07, 6.45) is 1.06. The van der Waals surface area contributed by atoms with Gasteiger partial charge in [0.15, 0.2) is 0 Å². The lowest BCUT2D eigenvalue weighted by molar-refractivity contribution is -0.119. The van der Waals surface area contributed by atoms with Crippen molar-refractivity contribution in [1.29, 1.82) is 0 Å². The number of rotatable bonds is 6. The Labute approximate surface area is 167 Å². The number of anilines is 1. The van der Waals surface area contributed by atoms with E-state index in [1.54, 1.807) is 53.1 Å². The van der Waals surface area contributed by atoms with Gasteiger partial charge in [0.1, 0.15) is 6.04 Å². The first-order valence-corrected chi connectivity index (χ1v) is 11.3. The van der Waals surface area contributed by atoms with Crippen LogP contribution in [0.25, 0.3) is 10.2 Å². The number of thiazole rings is 1. The molecule has 3 aromatic rings. The fraction of sp³-hybridized carbons (Fsp3) is 0.263. The Bertz CT molecular complexity index is 1170. The summed E-state index contributed by atoms with van der Waals surface area (Å²) in [7, 11) is -2.22. The Morgan fingerprint density at radius 2 is 1.89 bits per heavy atom. The maximum absolute atomic E-state index is 13.0. The van der Waals surface area contributed by atoms with Crippen molar-refractivity contribution in [2.24, 2.45) is 0 Å². The summed E-state index contributed by atoms with van der Waals surface area (Å²) in [6.45, 7) is 2.47. The third-order valence-corrected chi connectivity index (χ3v) is 6.70. The summed E-state index contributed by atoms with van der Waals surface area (Å²) in [4.78, 5) is 24.9. The number of carbonyl (C=O) groups is 1. The molecule has 1 amide bonds. The third-order valence-electron chi connectivity index (χ3n) is 4.50. The molecular formula is C19H21N3O4S2. The van der Waals surface area contributed by atoms with Crippen molar-refractivity contribution in [3.63, 3.8) is 0 Å². The lowest BCUT2D eigenvalue weighted by Crippen LogP contribution is -2.38. The van der Waals surface area contributed by atoms with E-state index >= 15 is 0 Å². The first-order valence-electron chi connectivity index (χ1n) is 8.64. The van der Waals surface area contributed by atoms with Crippen LogP contribution in [0.3, 0.4) is 0 Å². The summed E-state index contributed by atoms with van der Waals surface area (Å²) in [5.74, 6) is -0.472. The zero-order valence-electron chi connectivity index (χ0n) is 15.7. The zero-order valence-corrected chi connectivity index (χ0v) is 17.4. The van der Waals surface area contributed by atoms with Crippen molar-refractivity contribution in [2.75, 3.05) is 18.6 Å². The van der Waals surface area contributed by atoms with Gasteiger partial charge in [0.2, 0.25) is 15.9 Å². The first-order chi connectivity index (χ1) is 13.2. The molecule has 0 fully saturated rings. The van der Waals surface area contributed by atoms with Crippen LogP contribution < -0.4 is 10.2 Å². The van der Waals surface area contributed by atoms with Crippen LogP contribution >= 0.6 is 11.3 Å². The number of benzene rings is 2. The highest BCUT2D eigenvalue weighted by molar-refractivity contribution is 7.88. The monoisotopic (exact) mass is 419 g/mol. The van der Waals surface area contributed by atoms with Gasteiger partial charge in [0.05, 0.1) is 16.5 Å². The second kappa shape index (κ2) is 7.86. The molecule has 0 saturated heterocycles. The number of likely N-dealkylation sites (N-methyl/N-ethyl adjacent to an activating group) is 1. The van der Waals surface area contributed by atoms with Crippen LogP contribution in [0.5, 0.6) is 0 Å². The largest absolute Gasteiger partial charge is 0.324 e. The van der Waals surface area contributed by atoms with E-state index in [9.17, 15) is 18.0 Å². The number of aryl methyl sites for hydroxylation is 1. The van der Waals surface area contributed by atoms with Crippen molar-refractivity contribution in [2.45, 2.75) is 19.5 Å². The van der Waals surface area contributed by atoms with Crippen molar-refractivity contribution in [1.82, 2.24) is 8.87 Å². The van der Waals surface area contributed by atoms with Gasteiger partial charge >= 0.3 is 4.87 Å². The van der Waals surface area contributed by atoms with Gasteiger partial charge in [-0.15, -0.1) is 0 Å².